The number of urea groups is 1. The zero-order chi connectivity index (χ0) is 17.4. The Morgan fingerprint density at radius 2 is 2.20 bits per heavy atom. The first-order valence-electron chi connectivity index (χ1n) is 7.92. The molecule has 2 atom stereocenters. The van der Waals surface area contributed by atoms with Crippen LogP contribution in [0.15, 0.2) is 36.5 Å². The minimum Gasteiger partial charge on any atom is -0.465 e. The molecule has 9 heteroatoms. The first-order valence-corrected chi connectivity index (χ1v) is 7.92. The molecule has 0 unspecified atom stereocenters. The van der Waals surface area contributed by atoms with Gasteiger partial charge in [-0.25, -0.2) is 9.59 Å². The molecule has 2 bridgehead atoms. The average molecular weight is 343 g/mol. The topological polar surface area (TPSA) is 111 Å². The highest BCUT2D eigenvalue weighted by Gasteiger charge is 2.49. The number of hydrogen-bond donors (Lipinski definition) is 3. The molecule has 1 aromatic carbocycles. The normalized spacial score (nSPS) is 21.4. The predicted molar refractivity (Wildman–Crippen MR) is 85.3 cm³/mol. The van der Waals surface area contributed by atoms with Crippen molar-refractivity contribution in [1.82, 2.24) is 25.5 Å². The summed E-state index contributed by atoms with van der Waals surface area (Å²) in [6.07, 6.45) is 0.537. The van der Waals surface area contributed by atoms with Crippen molar-refractivity contribution in [3.63, 3.8) is 0 Å². The van der Waals surface area contributed by atoms with E-state index in [2.05, 4.69) is 15.5 Å². The number of carboxylic acid groups (broad SMARTS) is 1. The van der Waals surface area contributed by atoms with Crippen molar-refractivity contribution in [1.29, 1.82) is 0 Å². The maximum absolute atomic E-state index is 12.7. The van der Waals surface area contributed by atoms with E-state index in [-0.39, 0.29) is 25.2 Å². The van der Waals surface area contributed by atoms with E-state index in [1.165, 1.54) is 5.06 Å². The molecule has 9 nitrogen and oxygen atoms in total. The number of nitrogens with one attached hydrogen (secondary N) is 2. The van der Waals surface area contributed by atoms with E-state index in [0.717, 1.165) is 16.8 Å². The first kappa shape index (κ1) is 15.5. The number of carbonyl (C=O) groups excluding carboxylic acids is 1. The van der Waals surface area contributed by atoms with Gasteiger partial charge in [-0.2, -0.15) is 10.2 Å². The number of benzene rings is 1. The molecular formula is C16H17N5O4. The molecule has 4 rings (SSSR count). The van der Waals surface area contributed by atoms with Gasteiger partial charge in [0.25, 0.3) is 0 Å². The van der Waals surface area contributed by atoms with Gasteiger partial charge in [0.1, 0.15) is 12.6 Å². The number of aromatic nitrogens is 2. The van der Waals surface area contributed by atoms with Crippen LogP contribution < -0.4 is 5.32 Å². The molecule has 3 N–H and O–H groups in total. The standard InChI is InChI=1S/C16H17N5O4/c22-15(23)17-7-12-14-11(6-18-19-14)13-8-20(12)16(24)21(13)25-9-10-4-2-1-3-5-10/h1-6,12-13,17H,7-9H2,(H,18,19)(H,22,23)/t12-,13-/m1/s1. The van der Waals surface area contributed by atoms with Gasteiger partial charge in [-0.3, -0.25) is 9.94 Å². The van der Waals surface area contributed by atoms with E-state index in [1.54, 1.807) is 11.1 Å². The van der Waals surface area contributed by atoms with Crippen molar-refractivity contribution >= 4 is 12.1 Å². The summed E-state index contributed by atoms with van der Waals surface area (Å²) in [7, 11) is 0. The van der Waals surface area contributed by atoms with Crippen LogP contribution in [-0.4, -0.2) is 50.5 Å². The summed E-state index contributed by atoms with van der Waals surface area (Å²) in [5.41, 5.74) is 2.56. The Balaban J connectivity index is 1.55. The summed E-state index contributed by atoms with van der Waals surface area (Å²) in [5, 5.41) is 19.5. The molecular weight excluding hydrogens is 326 g/mol. The van der Waals surface area contributed by atoms with Crippen molar-refractivity contribution in [2.24, 2.45) is 0 Å². The van der Waals surface area contributed by atoms with Crippen molar-refractivity contribution in [2.45, 2.75) is 18.7 Å². The number of fused-ring (bicyclic) bond motifs is 4. The second kappa shape index (κ2) is 6.10. The summed E-state index contributed by atoms with van der Waals surface area (Å²) in [5.74, 6) is 0. The lowest BCUT2D eigenvalue weighted by Gasteiger charge is -2.29. The van der Waals surface area contributed by atoms with Crippen LogP contribution in [0.1, 0.15) is 28.9 Å². The van der Waals surface area contributed by atoms with Gasteiger partial charge in [0.2, 0.25) is 0 Å². The summed E-state index contributed by atoms with van der Waals surface area (Å²) in [6, 6.07) is 8.63. The Morgan fingerprint density at radius 3 is 2.96 bits per heavy atom. The second-order valence-electron chi connectivity index (χ2n) is 5.98. The summed E-state index contributed by atoms with van der Waals surface area (Å²) < 4.78 is 0. The molecule has 1 fully saturated rings. The molecule has 2 aliphatic heterocycles. The van der Waals surface area contributed by atoms with Crippen LogP contribution in [0.4, 0.5) is 9.59 Å². The van der Waals surface area contributed by atoms with Crippen molar-refractivity contribution in [3.05, 3.63) is 53.3 Å². The van der Waals surface area contributed by atoms with Crippen LogP contribution in [0.3, 0.4) is 0 Å². The van der Waals surface area contributed by atoms with Crippen LogP contribution >= 0.6 is 0 Å². The van der Waals surface area contributed by atoms with Crippen LogP contribution in [0, 0.1) is 0 Å². The number of hydrogen-bond acceptors (Lipinski definition) is 4. The van der Waals surface area contributed by atoms with Gasteiger partial charge in [0.05, 0.1) is 24.5 Å². The molecule has 2 aliphatic rings. The van der Waals surface area contributed by atoms with E-state index < -0.39 is 12.1 Å². The van der Waals surface area contributed by atoms with E-state index in [1.807, 2.05) is 30.3 Å². The predicted octanol–water partition coefficient (Wildman–Crippen LogP) is 1.64. The van der Waals surface area contributed by atoms with Crippen LogP contribution in [-0.2, 0) is 11.4 Å². The number of nitrogens with zero attached hydrogens (tertiary/aromatic N) is 3. The Bertz CT molecular complexity index is 793. The minimum atomic E-state index is -1.13. The molecule has 3 amide bonds. The van der Waals surface area contributed by atoms with E-state index in [9.17, 15) is 9.59 Å². The van der Waals surface area contributed by atoms with E-state index >= 15 is 0 Å². The Morgan fingerprint density at radius 1 is 1.40 bits per heavy atom. The first-order chi connectivity index (χ1) is 12.1. The number of H-pyrrole nitrogens is 1. The van der Waals surface area contributed by atoms with Gasteiger partial charge in [-0.05, 0) is 5.56 Å². The average Bonchev–Trinajstić information content (AvgIpc) is 3.19. The third-order valence-electron chi connectivity index (χ3n) is 4.51. The lowest BCUT2D eigenvalue weighted by Crippen LogP contribution is -2.41. The zero-order valence-electron chi connectivity index (χ0n) is 13.3. The monoisotopic (exact) mass is 343 g/mol. The Hall–Kier alpha value is -3.07. The van der Waals surface area contributed by atoms with Gasteiger partial charge in [-0.1, -0.05) is 30.3 Å². The third-order valence-corrected chi connectivity index (χ3v) is 4.51. The zero-order valence-corrected chi connectivity index (χ0v) is 13.3. The molecule has 1 aromatic heterocycles. The number of aromatic amines is 1. The van der Waals surface area contributed by atoms with Crippen molar-refractivity contribution in [3.8, 4) is 0 Å². The molecule has 0 saturated carbocycles. The van der Waals surface area contributed by atoms with Gasteiger partial charge in [0, 0.05) is 12.1 Å². The fourth-order valence-corrected chi connectivity index (χ4v) is 3.34. The van der Waals surface area contributed by atoms with Gasteiger partial charge in [-0.15, -0.1) is 0 Å². The fourth-order valence-electron chi connectivity index (χ4n) is 3.34. The highest BCUT2D eigenvalue weighted by Crippen LogP contribution is 2.42. The second-order valence-corrected chi connectivity index (χ2v) is 5.98. The number of rotatable bonds is 5. The minimum absolute atomic E-state index is 0.0928. The highest BCUT2D eigenvalue weighted by atomic mass is 16.7. The van der Waals surface area contributed by atoms with Gasteiger partial charge < -0.3 is 15.3 Å². The Kier molecular flexibility index (Phi) is 3.77. The Labute approximate surface area is 143 Å². The summed E-state index contributed by atoms with van der Waals surface area (Å²) in [4.78, 5) is 31.0. The molecule has 1 saturated heterocycles. The molecule has 0 spiro atoms. The lowest BCUT2D eigenvalue weighted by molar-refractivity contribution is -0.141. The van der Waals surface area contributed by atoms with Crippen molar-refractivity contribution < 1.29 is 19.5 Å². The molecule has 130 valence electrons. The highest BCUT2D eigenvalue weighted by molar-refractivity contribution is 5.78. The molecule has 0 radical (unpaired) electrons. The number of carbonyl (C=O) groups is 2. The maximum Gasteiger partial charge on any atom is 0.404 e. The fraction of sp³-hybridized carbons (Fsp3) is 0.312. The SMILES string of the molecule is O=C(O)NC[C@@H]1c2[nH]ncc2[C@H]2CN1C(=O)N2OCc1ccccc1. The van der Waals surface area contributed by atoms with Crippen LogP contribution in [0.25, 0.3) is 0 Å². The van der Waals surface area contributed by atoms with Crippen LogP contribution in [0.2, 0.25) is 0 Å². The van der Waals surface area contributed by atoms with Gasteiger partial charge in [0.15, 0.2) is 0 Å². The lowest BCUT2D eigenvalue weighted by atomic mass is 9.98. The van der Waals surface area contributed by atoms with Crippen molar-refractivity contribution in [2.75, 3.05) is 13.1 Å². The van der Waals surface area contributed by atoms with E-state index in [0.29, 0.717) is 6.54 Å². The number of hydroxylamine groups is 2. The van der Waals surface area contributed by atoms with Crippen LogP contribution in [0.5, 0.6) is 0 Å². The largest absolute Gasteiger partial charge is 0.465 e. The molecule has 2 aromatic rings. The van der Waals surface area contributed by atoms with Gasteiger partial charge >= 0.3 is 12.1 Å². The molecule has 25 heavy (non-hydrogen) atoms. The molecule has 3 heterocycles. The quantitative estimate of drug-likeness (QED) is 0.764. The third kappa shape index (κ3) is 2.68. The summed E-state index contributed by atoms with van der Waals surface area (Å²) >= 11 is 0. The summed E-state index contributed by atoms with van der Waals surface area (Å²) in [6.45, 7) is 0.809. The molecule has 0 aliphatic carbocycles. The van der Waals surface area contributed by atoms with E-state index in [4.69, 9.17) is 9.94 Å². The smallest absolute Gasteiger partial charge is 0.404 e. The maximum atomic E-state index is 12.7. The number of amides is 3.